The second-order valence-corrected chi connectivity index (χ2v) is 9.18. The number of nitrogens with zero attached hydrogens (tertiary/aromatic N) is 1. The second kappa shape index (κ2) is 8.71. The van der Waals surface area contributed by atoms with Crippen molar-refractivity contribution < 1.29 is 13.2 Å². The summed E-state index contributed by atoms with van der Waals surface area (Å²) in [5.41, 5.74) is 4.50. The molecule has 0 aliphatic heterocycles. The first-order valence-electron chi connectivity index (χ1n) is 9.67. The van der Waals surface area contributed by atoms with Gasteiger partial charge in [-0.25, -0.2) is 8.42 Å². The van der Waals surface area contributed by atoms with Crippen molar-refractivity contribution >= 4 is 21.6 Å². The van der Waals surface area contributed by atoms with Gasteiger partial charge in [0.2, 0.25) is 0 Å². The lowest BCUT2D eigenvalue weighted by Gasteiger charge is -2.18. The largest absolute Gasteiger partial charge is 0.337 e. The third-order valence-corrected chi connectivity index (χ3v) is 6.62. The van der Waals surface area contributed by atoms with Crippen LogP contribution in [0, 0.1) is 20.8 Å². The minimum atomic E-state index is -3.83. The summed E-state index contributed by atoms with van der Waals surface area (Å²) in [6.45, 7) is 6.06. The van der Waals surface area contributed by atoms with Gasteiger partial charge in [0.1, 0.15) is 0 Å². The van der Waals surface area contributed by atoms with Gasteiger partial charge < -0.3 is 4.90 Å². The van der Waals surface area contributed by atoms with Gasteiger partial charge >= 0.3 is 0 Å². The Hall–Kier alpha value is -3.12. The first-order valence-corrected chi connectivity index (χ1v) is 11.2. The average Bonchev–Trinajstić information content (AvgIpc) is 2.71. The van der Waals surface area contributed by atoms with E-state index in [2.05, 4.69) is 4.72 Å². The summed E-state index contributed by atoms with van der Waals surface area (Å²) < 4.78 is 28.7. The van der Waals surface area contributed by atoms with Gasteiger partial charge in [-0.2, -0.15) is 0 Å². The van der Waals surface area contributed by atoms with Crippen LogP contribution >= 0.6 is 0 Å². The van der Waals surface area contributed by atoms with Crippen LogP contribution in [0.3, 0.4) is 0 Å². The fourth-order valence-electron chi connectivity index (χ4n) is 3.19. The molecular formula is C24H26N2O3S. The molecule has 0 aliphatic carbocycles. The Morgan fingerprint density at radius 3 is 2.20 bits per heavy atom. The van der Waals surface area contributed by atoms with Crippen LogP contribution in [-0.2, 0) is 16.6 Å². The van der Waals surface area contributed by atoms with Gasteiger partial charge in [0.25, 0.3) is 15.9 Å². The molecule has 0 spiro atoms. The SMILES string of the molecule is Cc1ccc(NS(=O)(=O)c2cc(C(=O)N(C)Cc3ccccc3)ccc2C)cc1C. The highest BCUT2D eigenvalue weighted by molar-refractivity contribution is 7.92. The Morgan fingerprint density at radius 2 is 1.53 bits per heavy atom. The molecule has 0 radical (unpaired) electrons. The van der Waals surface area contributed by atoms with E-state index >= 15 is 0 Å². The molecule has 6 heteroatoms. The molecule has 156 valence electrons. The lowest BCUT2D eigenvalue weighted by molar-refractivity contribution is 0.0785. The van der Waals surface area contributed by atoms with E-state index < -0.39 is 10.0 Å². The summed E-state index contributed by atoms with van der Waals surface area (Å²) in [7, 11) is -2.13. The monoisotopic (exact) mass is 422 g/mol. The number of anilines is 1. The van der Waals surface area contributed by atoms with Crippen molar-refractivity contribution in [1.82, 2.24) is 4.90 Å². The maximum Gasteiger partial charge on any atom is 0.262 e. The van der Waals surface area contributed by atoms with E-state index in [0.717, 1.165) is 16.7 Å². The predicted octanol–water partition coefficient (Wildman–Crippen LogP) is 4.68. The Morgan fingerprint density at radius 1 is 0.867 bits per heavy atom. The summed E-state index contributed by atoms with van der Waals surface area (Å²) in [6, 6.07) is 19.8. The first kappa shape index (κ1) is 21.6. The minimum Gasteiger partial charge on any atom is -0.337 e. The summed E-state index contributed by atoms with van der Waals surface area (Å²) in [5, 5.41) is 0. The van der Waals surface area contributed by atoms with Gasteiger partial charge in [0.05, 0.1) is 4.90 Å². The predicted molar refractivity (Wildman–Crippen MR) is 120 cm³/mol. The maximum atomic E-state index is 13.0. The molecule has 0 fully saturated rings. The zero-order valence-electron chi connectivity index (χ0n) is 17.6. The van der Waals surface area contributed by atoms with Crippen LogP contribution in [0.5, 0.6) is 0 Å². The van der Waals surface area contributed by atoms with Crippen molar-refractivity contribution in [2.24, 2.45) is 0 Å². The number of rotatable bonds is 6. The van der Waals surface area contributed by atoms with E-state index in [1.807, 2.05) is 50.2 Å². The molecule has 0 unspecified atom stereocenters. The van der Waals surface area contributed by atoms with Crippen molar-refractivity contribution in [1.29, 1.82) is 0 Å². The number of hydrogen-bond acceptors (Lipinski definition) is 3. The number of carbonyl (C=O) groups is 1. The molecule has 0 saturated carbocycles. The minimum absolute atomic E-state index is 0.0969. The number of benzene rings is 3. The van der Waals surface area contributed by atoms with Crippen LogP contribution in [0.15, 0.2) is 71.6 Å². The molecule has 1 N–H and O–H groups in total. The van der Waals surface area contributed by atoms with E-state index in [4.69, 9.17) is 0 Å². The van der Waals surface area contributed by atoms with Crippen LogP contribution < -0.4 is 4.72 Å². The summed E-state index contributed by atoms with van der Waals surface area (Å²) in [5.74, 6) is -0.235. The fraction of sp³-hybridized carbons (Fsp3) is 0.208. The molecule has 0 aliphatic rings. The molecule has 0 bridgehead atoms. The summed E-state index contributed by atoms with van der Waals surface area (Å²) in [4.78, 5) is 14.6. The van der Waals surface area contributed by atoms with E-state index in [-0.39, 0.29) is 10.8 Å². The van der Waals surface area contributed by atoms with E-state index in [9.17, 15) is 13.2 Å². The number of sulfonamides is 1. The Bertz CT molecular complexity index is 1170. The fourth-order valence-corrected chi connectivity index (χ4v) is 4.51. The molecule has 1 amide bonds. The van der Waals surface area contributed by atoms with Crippen molar-refractivity contribution in [3.8, 4) is 0 Å². The maximum absolute atomic E-state index is 13.0. The lowest BCUT2D eigenvalue weighted by Crippen LogP contribution is -2.26. The normalized spacial score (nSPS) is 11.2. The van der Waals surface area contributed by atoms with Crippen LogP contribution in [0.2, 0.25) is 0 Å². The Balaban J connectivity index is 1.86. The molecule has 3 aromatic carbocycles. The second-order valence-electron chi connectivity index (χ2n) is 7.53. The average molecular weight is 423 g/mol. The summed E-state index contributed by atoms with van der Waals surface area (Å²) >= 11 is 0. The first-order chi connectivity index (χ1) is 14.2. The molecule has 3 aromatic rings. The summed E-state index contributed by atoms with van der Waals surface area (Å²) in [6.07, 6.45) is 0. The van der Waals surface area contributed by atoms with Crippen molar-refractivity contribution in [2.45, 2.75) is 32.2 Å². The van der Waals surface area contributed by atoms with Gasteiger partial charge in [0, 0.05) is 24.8 Å². The molecule has 0 atom stereocenters. The molecular weight excluding hydrogens is 396 g/mol. The van der Waals surface area contributed by atoms with E-state index in [1.165, 1.54) is 6.07 Å². The van der Waals surface area contributed by atoms with Gasteiger partial charge in [-0.1, -0.05) is 42.5 Å². The zero-order valence-corrected chi connectivity index (χ0v) is 18.5. The standard InChI is InChI=1S/C24H26N2O3S/c1-17-11-13-22(14-19(17)3)25-30(28,29)23-15-21(12-10-18(23)2)24(27)26(4)16-20-8-6-5-7-9-20/h5-15,25H,16H2,1-4H3. The topological polar surface area (TPSA) is 66.5 Å². The Kier molecular flexibility index (Phi) is 6.27. The lowest BCUT2D eigenvalue weighted by atomic mass is 10.1. The molecule has 0 heterocycles. The third kappa shape index (κ3) is 4.89. The number of amides is 1. The number of hydrogen-bond donors (Lipinski definition) is 1. The number of aryl methyl sites for hydroxylation is 3. The smallest absolute Gasteiger partial charge is 0.262 e. The van der Waals surface area contributed by atoms with Gasteiger partial charge in [0.15, 0.2) is 0 Å². The third-order valence-electron chi connectivity index (χ3n) is 5.09. The van der Waals surface area contributed by atoms with Crippen LogP contribution in [0.1, 0.15) is 32.6 Å². The molecule has 0 aromatic heterocycles. The zero-order chi connectivity index (χ0) is 21.9. The number of carbonyl (C=O) groups excluding carboxylic acids is 1. The van der Waals surface area contributed by atoms with Crippen LogP contribution in [-0.4, -0.2) is 26.3 Å². The van der Waals surface area contributed by atoms with Gasteiger partial charge in [-0.3, -0.25) is 9.52 Å². The van der Waals surface area contributed by atoms with E-state index in [1.54, 1.807) is 43.1 Å². The molecule has 5 nitrogen and oxygen atoms in total. The van der Waals surface area contributed by atoms with Crippen molar-refractivity contribution in [2.75, 3.05) is 11.8 Å². The molecule has 30 heavy (non-hydrogen) atoms. The highest BCUT2D eigenvalue weighted by atomic mass is 32.2. The Labute approximate surface area is 178 Å². The quantitative estimate of drug-likeness (QED) is 0.627. The highest BCUT2D eigenvalue weighted by Gasteiger charge is 2.21. The van der Waals surface area contributed by atoms with Crippen molar-refractivity contribution in [3.63, 3.8) is 0 Å². The molecule has 3 rings (SSSR count). The van der Waals surface area contributed by atoms with Gasteiger partial charge in [-0.05, 0) is 67.3 Å². The van der Waals surface area contributed by atoms with Gasteiger partial charge in [-0.15, -0.1) is 0 Å². The van der Waals surface area contributed by atoms with Crippen LogP contribution in [0.4, 0.5) is 5.69 Å². The highest BCUT2D eigenvalue weighted by Crippen LogP contribution is 2.23. The van der Waals surface area contributed by atoms with Crippen LogP contribution in [0.25, 0.3) is 0 Å². The van der Waals surface area contributed by atoms with E-state index in [0.29, 0.717) is 23.4 Å². The van der Waals surface area contributed by atoms with Crippen molar-refractivity contribution in [3.05, 3.63) is 94.5 Å². The number of nitrogens with one attached hydrogen (secondary N) is 1. The molecule has 0 saturated heterocycles.